The Hall–Kier alpha value is -0.750. The number of carbonyl (C=O) groups is 2. The first-order valence-corrected chi connectivity index (χ1v) is 10.5. The summed E-state index contributed by atoms with van der Waals surface area (Å²) in [5.41, 5.74) is 0.0839. The van der Waals surface area contributed by atoms with E-state index in [2.05, 4.69) is 5.32 Å². The van der Waals surface area contributed by atoms with Crippen molar-refractivity contribution in [1.82, 2.24) is 10.2 Å². The van der Waals surface area contributed by atoms with Gasteiger partial charge >= 0.3 is 0 Å². The van der Waals surface area contributed by atoms with Gasteiger partial charge in [-0.25, -0.2) is 0 Å². The van der Waals surface area contributed by atoms with Crippen LogP contribution in [0.15, 0.2) is 0 Å². The summed E-state index contributed by atoms with van der Waals surface area (Å²) >= 11 is 1.45. The van der Waals surface area contributed by atoms with Crippen molar-refractivity contribution >= 4 is 23.6 Å². The minimum Gasteiger partial charge on any atom is -0.378 e. The van der Waals surface area contributed by atoms with Gasteiger partial charge in [0, 0.05) is 18.6 Å². The minimum atomic E-state index is 0.0839. The molecule has 0 unspecified atom stereocenters. The number of ether oxygens (including phenoxy) is 1. The standard InChI is InChI=1S/C18H28N2O3S/c21-16(11-24-12-17(22)20-1-3-23-4-2-20)19-18-8-13-5-14(9-18)7-15(6-13)10-18/h13-15H,1-12H2,(H,19,21). The number of thioether (sulfide) groups is 1. The number of hydrogen-bond acceptors (Lipinski definition) is 4. The molecule has 1 saturated heterocycles. The molecule has 0 aromatic carbocycles. The minimum absolute atomic E-state index is 0.0839. The van der Waals surface area contributed by atoms with Gasteiger partial charge in [-0.05, 0) is 56.3 Å². The lowest BCUT2D eigenvalue weighted by Crippen LogP contribution is -2.60. The van der Waals surface area contributed by atoms with E-state index in [9.17, 15) is 9.59 Å². The highest BCUT2D eigenvalue weighted by Gasteiger charge is 2.51. The molecule has 5 fully saturated rings. The molecule has 4 aliphatic carbocycles. The maximum absolute atomic E-state index is 12.4. The van der Waals surface area contributed by atoms with E-state index in [-0.39, 0.29) is 17.4 Å². The van der Waals surface area contributed by atoms with Crippen LogP contribution in [0.1, 0.15) is 38.5 Å². The Morgan fingerprint density at radius 3 is 2.17 bits per heavy atom. The number of amides is 2. The van der Waals surface area contributed by atoms with Crippen LogP contribution in [-0.4, -0.2) is 60.1 Å². The fraction of sp³-hybridized carbons (Fsp3) is 0.889. The van der Waals surface area contributed by atoms with Gasteiger partial charge in [-0.15, -0.1) is 11.8 Å². The van der Waals surface area contributed by atoms with Gasteiger partial charge in [0.1, 0.15) is 0 Å². The van der Waals surface area contributed by atoms with E-state index in [1.165, 1.54) is 50.3 Å². The van der Waals surface area contributed by atoms with Crippen LogP contribution in [0.25, 0.3) is 0 Å². The lowest BCUT2D eigenvalue weighted by molar-refractivity contribution is -0.132. The molecule has 1 aliphatic heterocycles. The van der Waals surface area contributed by atoms with E-state index in [4.69, 9.17) is 4.74 Å². The molecule has 1 N–H and O–H groups in total. The van der Waals surface area contributed by atoms with Gasteiger partial charge in [-0.3, -0.25) is 9.59 Å². The molecule has 0 aromatic rings. The second kappa shape index (κ2) is 6.87. The van der Waals surface area contributed by atoms with Crippen molar-refractivity contribution < 1.29 is 14.3 Å². The first kappa shape index (κ1) is 16.7. The predicted octanol–water partition coefficient (Wildman–Crippen LogP) is 1.66. The zero-order chi connectivity index (χ0) is 16.6. The molecule has 1 heterocycles. The Bertz CT molecular complexity index is 469. The molecule has 5 rings (SSSR count). The largest absolute Gasteiger partial charge is 0.378 e. The number of rotatable bonds is 5. The molecular formula is C18H28N2O3S. The topological polar surface area (TPSA) is 58.6 Å². The number of morpholine rings is 1. The summed E-state index contributed by atoms with van der Waals surface area (Å²) in [7, 11) is 0. The smallest absolute Gasteiger partial charge is 0.232 e. The summed E-state index contributed by atoms with van der Waals surface area (Å²) in [5, 5.41) is 3.37. The fourth-order valence-corrected chi connectivity index (χ4v) is 6.45. The fourth-order valence-electron chi connectivity index (χ4n) is 5.73. The van der Waals surface area contributed by atoms with Gasteiger partial charge in [0.15, 0.2) is 0 Å². The highest BCUT2D eigenvalue weighted by atomic mass is 32.2. The number of nitrogens with one attached hydrogen (secondary N) is 1. The Labute approximate surface area is 148 Å². The predicted molar refractivity (Wildman–Crippen MR) is 93.8 cm³/mol. The number of nitrogens with zero attached hydrogens (tertiary/aromatic N) is 1. The highest BCUT2D eigenvalue weighted by Crippen LogP contribution is 2.55. The molecule has 2 amide bonds. The lowest BCUT2D eigenvalue weighted by atomic mass is 9.53. The van der Waals surface area contributed by atoms with E-state index >= 15 is 0 Å². The van der Waals surface area contributed by atoms with Gasteiger partial charge in [-0.1, -0.05) is 0 Å². The van der Waals surface area contributed by atoms with Crippen LogP contribution in [-0.2, 0) is 14.3 Å². The SMILES string of the molecule is O=C(CSCC(=O)N1CCOCC1)NC12CC3CC(CC(C3)C1)C2. The van der Waals surface area contributed by atoms with Gasteiger partial charge in [-0.2, -0.15) is 0 Å². The summed E-state index contributed by atoms with van der Waals surface area (Å²) in [5.74, 6) is 3.57. The van der Waals surface area contributed by atoms with Gasteiger partial charge in [0.2, 0.25) is 11.8 Å². The quantitative estimate of drug-likeness (QED) is 0.818. The molecule has 134 valence electrons. The summed E-state index contributed by atoms with van der Waals surface area (Å²) in [6, 6.07) is 0. The maximum Gasteiger partial charge on any atom is 0.232 e. The molecular weight excluding hydrogens is 324 g/mol. The summed E-state index contributed by atoms with van der Waals surface area (Å²) in [4.78, 5) is 26.4. The molecule has 5 nitrogen and oxygen atoms in total. The van der Waals surface area contributed by atoms with Crippen LogP contribution in [0.2, 0.25) is 0 Å². The lowest BCUT2D eigenvalue weighted by Gasteiger charge is -2.56. The third-order valence-corrected chi connectivity index (χ3v) is 7.18. The Morgan fingerprint density at radius 2 is 1.58 bits per heavy atom. The zero-order valence-corrected chi connectivity index (χ0v) is 15.1. The van der Waals surface area contributed by atoms with E-state index in [0.717, 1.165) is 17.8 Å². The van der Waals surface area contributed by atoms with Gasteiger partial charge < -0.3 is 15.0 Å². The molecule has 0 spiro atoms. The second-order valence-electron chi connectivity index (χ2n) is 8.23. The van der Waals surface area contributed by atoms with Crippen molar-refractivity contribution in [3.63, 3.8) is 0 Å². The monoisotopic (exact) mass is 352 g/mol. The Balaban J connectivity index is 1.22. The van der Waals surface area contributed by atoms with Gasteiger partial charge in [0.25, 0.3) is 0 Å². The average molecular weight is 353 g/mol. The van der Waals surface area contributed by atoms with Crippen molar-refractivity contribution in [3.8, 4) is 0 Å². The molecule has 0 aromatic heterocycles. The van der Waals surface area contributed by atoms with Crippen LogP contribution in [0.5, 0.6) is 0 Å². The summed E-state index contributed by atoms with van der Waals surface area (Å²) in [6.07, 6.45) is 7.71. The maximum atomic E-state index is 12.4. The van der Waals surface area contributed by atoms with Crippen LogP contribution < -0.4 is 5.32 Å². The van der Waals surface area contributed by atoms with Crippen molar-refractivity contribution in [2.45, 2.75) is 44.1 Å². The number of hydrogen-bond donors (Lipinski definition) is 1. The Kier molecular flexibility index (Phi) is 4.78. The normalized spacial score (nSPS) is 37.5. The third kappa shape index (κ3) is 3.59. The molecule has 0 atom stereocenters. The molecule has 4 saturated carbocycles. The second-order valence-corrected chi connectivity index (χ2v) is 9.22. The van der Waals surface area contributed by atoms with Crippen molar-refractivity contribution in [2.75, 3.05) is 37.8 Å². The molecule has 0 radical (unpaired) electrons. The van der Waals surface area contributed by atoms with Crippen molar-refractivity contribution in [3.05, 3.63) is 0 Å². The molecule has 24 heavy (non-hydrogen) atoms. The third-order valence-electron chi connectivity index (χ3n) is 6.27. The van der Waals surface area contributed by atoms with E-state index in [1.54, 1.807) is 0 Å². The first-order valence-electron chi connectivity index (χ1n) is 9.36. The van der Waals surface area contributed by atoms with Crippen LogP contribution in [0.4, 0.5) is 0 Å². The first-order chi connectivity index (χ1) is 11.6. The molecule has 5 aliphatic rings. The van der Waals surface area contributed by atoms with Crippen molar-refractivity contribution in [2.24, 2.45) is 17.8 Å². The van der Waals surface area contributed by atoms with Gasteiger partial charge in [0.05, 0.1) is 24.7 Å². The zero-order valence-electron chi connectivity index (χ0n) is 14.3. The van der Waals surface area contributed by atoms with Crippen LogP contribution in [0, 0.1) is 17.8 Å². The Morgan fingerprint density at radius 1 is 1.00 bits per heavy atom. The van der Waals surface area contributed by atoms with Crippen LogP contribution >= 0.6 is 11.8 Å². The van der Waals surface area contributed by atoms with Crippen LogP contribution in [0.3, 0.4) is 0 Å². The molecule has 4 bridgehead atoms. The van der Waals surface area contributed by atoms with E-state index in [0.29, 0.717) is 37.8 Å². The average Bonchev–Trinajstić information content (AvgIpc) is 2.53. The van der Waals surface area contributed by atoms with Crippen molar-refractivity contribution in [1.29, 1.82) is 0 Å². The number of carbonyl (C=O) groups excluding carboxylic acids is 2. The highest BCUT2D eigenvalue weighted by molar-refractivity contribution is 8.00. The summed E-state index contributed by atoms with van der Waals surface area (Å²) in [6.45, 7) is 2.61. The summed E-state index contributed by atoms with van der Waals surface area (Å²) < 4.78 is 5.26. The molecule has 6 heteroatoms. The van der Waals surface area contributed by atoms with E-state index < -0.39 is 0 Å². The van der Waals surface area contributed by atoms with E-state index in [1.807, 2.05) is 4.90 Å².